The molecule has 40 heavy (non-hydrogen) atoms. The number of carbonyl (C=O) groups excluding carboxylic acids is 2. The highest BCUT2D eigenvalue weighted by molar-refractivity contribution is 5.85. The zero-order chi connectivity index (χ0) is 28.4. The van der Waals surface area contributed by atoms with Crippen LogP contribution in [0, 0.1) is 28.6 Å². The molecule has 14 atom stereocenters. The van der Waals surface area contributed by atoms with E-state index in [4.69, 9.17) is 18.9 Å². The quantitative estimate of drug-likeness (QED) is 0.232. The highest BCUT2D eigenvalue weighted by Crippen LogP contribution is 2.73. The molecule has 0 radical (unpaired) electrons. The van der Waals surface area contributed by atoms with Crippen LogP contribution in [-0.2, 0) is 28.5 Å². The molecule has 7 rings (SSSR count). The van der Waals surface area contributed by atoms with Crippen molar-refractivity contribution in [2.45, 2.75) is 119 Å². The number of aliphatic hydroxyl groups excluding tert-OH is 3. The summed E-state index contributed by atoms with van der Waals surface area (Å²) in [5, 5.41) is 55.3. The standard InChI is InChI=1S/C29H40O11/c1-13-21(31)22(32)23(33)24(38-13)39-15-3-7-28-20-17(4-6-27(28,35)10-15)29(36)8-5-16(14-9-19(30)37-12-14)26(29,2)11-18(20)40-25(28)34/h9,13,15-18,20-24,31-33,35-36H,3-8,10-12H2,1-2H3. The van der Waals surface area contributed by atoms with Crippen LogP contribution in [0.1, 0.15) is 65.2 Å². The van der Waals surface area contributed by atoms with Crippen LogP contribution >= 0.6 is 0 Å². The van der Waals surface area contributed by atoms with E-state index in [1.54, 1.807) is 13.0 Å². The number of ether oxygens (including phenoxy) is 4. The van der Waals surface area contributed by atoms with Gasteiger partial charge in [0.2, 0.25) is 0 Å². The molecule has 0 aromatic heterocycles. The van der Waals surface area contributed by atoms with Crippen molar-refractivity contribution in [2.24, 2.45) is 28.6 Å². The smallest absolute Gasteiger partial charge is 0.331 e. The van der Waals surface area contributed by atoms with Crippen molar-refractivity contribution in [2.75, 3.05) is 6.61 Å². The molecule has 222 valence electrons. The summed E-state index contributed by atoms with van der Waals surface area (Å²) in [6, 6.07) is 0. The van der Waals surface area contributed by atoms with Crippen LogP contribution in [-0.4, -0.2) is 98.2 Å². The SMILES string of the molecule is CC1OC(OC2CCC34C(=O)OC5CC6(C)C(C7=CC(=O)OC7)CCC6(O)C(CCC3(O)C2)C54)C(O)C(O)C1O. The maximum atomic E-state index is 13.8. The van der Waals surface area contributed by atoms with E-state index in [9.17, 15) is 35.1 Å². The van der Waals surface area contributed by atoms with Gasteiger partial charge in [-0.15, -0.1) is 0 Å². The third kappa shape index (κ3) is 3.31. The second kappa shape index (κ2) is 8.72. The summed E-state index contributed by atoms with van der Waals surface area (Å²) in [5.74, 6) is -1.42. The van der Waals surface area contributed by atoms with E-state index in [1.807, 2.05) is 0 Å². The largest absolute Gasteiger partial charge is 0.461 e. The van der Waals surface area contributed by atoms with Gasteiger partial charge in [0.25, 0.3) is 0 Å². The lowest BCUT2D eigenvalue weighted by Crippen LogP contribution is -2.70. The minimum absolute atomic E-state index is 0.0525. The first-order chi connectivity index (χ1) is 18.8. The summed E-state index contributed by atoms with van der Waals surface area (Å²) in [6.07, 6.45) is -2.16. The van der Waals surface area contributed by atoms with E-state index in [0.29, 0.717) is 32.1 Å². The van der Waals surface area contributed by atoms with Gasteiger partial charge in [0, 0.05) is 23.8 Å². The number of rotatable bonds is 3. The Bertz CT molecular complexity index is 1140. The maximum absolute atomic E-state index is 13.8. The van der Waals surface area contributed by atoms with Crippen molar-refractivity contribution in [1.82, 2.24) is 0 Å². The van der Waals surface area contributed by atoms with Crippen LogP contribution in [0.15, 0.2) is 11.6 Å². The Hall–Kier alpha value is -1.60. The predicted molar refractivity (Wildman–Crippen MR) is 134 cm³/mol. The molecule has 0 aromatic carbocycles. The van der Waals surface area contributed by atoms with Crippen LogP contribution < -0.4 is 0 Å². The first kappa shape index (κ1) is 27.2. The van der Waals surface area contributed by atoms with Gasteiger partial charge in [0.1, 0.15) is 36.4 Å². The summed E-state index contributed by atoms with van der Waals surface area (Å²) in [4.78, 5) is 25.6. The van der Waals surface area contributed by atoms with Gasteiger partial charge < -0.3 is 44.5 Å². The maximum Gasteiger partial charge on any atom is 0.331 e. The summed E-state index contributed by atoms with van der Waals surface area (Å²) in [7, 11) is 0. The molecule has 0 amide bonds. The Balaban J connectivity index is 1.16. The molecular formula is C29H40O11. The first-order valence-corrected chi connectivity index (χ1v) is 14.7. The Morgan fingerprint density at radius 1 is 0.975 bits per heavy atom. The van der Waals surface area contributed by atoms with E-state index < -0.39 is 70.9 Å². The van der Waals surface area contributed by atoms with Crippen molar-refractivity contribution in [3.8, 4) is 0 Å². The van der Waals surface area contributed by atoms with E-state index >= 15 is 0 Å². The van der Waals surface area contributed by atoms with E-state index in [-0.39, 0.29) is 43.2 Å². The summed E-state index contributed by atoms with van der Waals surface area (Å²) < 4.78 is 23.0. The minimum atomic E-state index is -1.45. The summed E-state index contributed by atoms with van der Waals surface area (Å²) in [5.41, 5.74) is -3.38. The molecule has 1 spiro atoms. The Kier molecular flexibility index (Phi) is 5.94. The van der Waals surface area contributed by atoms with Crippen molar-refractivity contribution in [3.63, 3.8) is 0 Å². The molecule has 6 fully saturated rings. The molecule has 4 aliphatic carbocycles. The fraction of sp³-hybridized carbons (Fsp3) is 0.862. The molecular weight excluding hydrogens is 524 g/mol. The van der Waals surface area contributed by atoms with Gasteiger partial charge in [-0.1, -0.05) is 6.92 Å². The summed E-state index contributed by atoms with van der Waals surface area (Å²) >= 11 is 0. The molecule has 14 unspecified atom stereocenters. The molecule has 5 N–H and O–H groups in total. The van der Waals surface area contributed by atoms with Gasteiger partial charge in [0.05, 0.1) is 23.4 Å². The highest BCUT2D eigenvalue weighted by atomic mass is 16.7. The van der Waals surface area contributed by atoms with Crippen LogP contribution in [0.4, 0.5) is 0 Å². The van der Waals surface area contributed by atoms with Crippen molar-refractivity contribution in [3.05, 3.63) is 11.6 Å². The fourth-order valence-corrected chi connectivity index (χ4v) is 10.3. The van der Waals surface area contributed by atoms with Crippen molar-refractivity contribution >= 4 is 11.9 Å². The molecule has 0 bridgehead atoms. The Morgan fingerprint density at radius 3 is 2.48 bits per heavy atom. The molecule has 3 heterocycles. The van der Waals surface area contributed by atoms with Crippen LogP contribution in [0.2, 0.25) is 0 Å². The lowest BCUT2D eigenvalue weighted by Gasteiger charge is -2.63. The third-order valence-electron chi connectivity index (χ3n) is 12.2. The number of carbonyl (C=O) groups is 2. The number of aliphatic hydroxyl groups is 5. The number of hydrogen-bond acceptors (Lipinski definition) is 11. The van der Waals surface area contributed by atoms with Gasteiger partial charge in [-0.2, -0.15) is 0 Å². The van der Waals surface area contributed by atoms with Gasteiger partial charge in [0.15, 0.2) is 6.29 Å². The number of hydrogen-bond donors (Lipinski definition) is 5. The average molecular weight is 565 g/mol. The van der Waals surface area contributed by atoms with Gasteiger partial charge in [-0.25, -0.2) is 4.79 Å². The Labute approximate surface area is 232 Å². The molecule has 0 aromatic rings. The van der Waals surface area contributed by atoms with Crippen LogP contribution in [0.25, 0.3) is 0 Å². The fourth-order valence-electron chi connectivity index (χ4n) is 10.3. The number of esters is 2. The van der Waals surface area contributed by atoms with Crippen molar-refractivity contribution in [1.29, 1.82) is 0 Å². The summed E-state index contributed by atoms with van der Waals surface area (Å²) in [6.45, 7) is 3.86. The first-order valence-electron chi connectivity index (χ1n) is 14.7. The lowest BCUT2D eigenvalue weighted by atomic mass is 9.41. The van der Waals surface area contributed by atoms with Crippen LogP contribution in [0.5, 0.6) is 0 Å². The molecule has 4 saturated carbocycles. The lowest BCUT2D eigenvalue weighted by molar-refractivity contribution is -0.316. The number of cyclic esters (lactones) is 1. The van der Waals surface area contributed by atoms with Gasteiger partial charge >= 0.3 is 11.9 Å². The molecule has 7 aliphatic rings. The van der Waals surface area contributed by atoms with E-state index in [2.05, 4.69) is 6.92 Å². The second-order valence-electron chi connectivity index (χ2n) is 13.8. The van der Waals surface area contributed by atoms with E-state index in [1.165, 1.54) is 0 Å². The van der Waals surface area contributed by atoms with Gasteiger partial charge in [-0.05, 0) is 69.3 Å². The highest BCUT2D eigenvalue weighted by Gasteiger charge is 2.79. The topological polar surface area (TPSA) is 172 Å². The molecule has 11 nitrogen and oxygen atoms in total. The van der Waals surface area contributed by atoms with E-state index in [0.717, 1.165) is 12.0 Å². The molecule has 11 heteroatoms. The van der Waals surface area contributed by atoms with Crippen LogP contribution in [0.3, 0.4) is 0 Å². The normalized spacial score (nSPS) is 57.0. The van der Waals surface area contributed by atoms with Crippen molar-refractivity contribution < 1.29 is 54.1 Å². The zero-order valence-electron chi connectivity index (χ0n) is 22.9. The minimum Gasteiger partial charge on any atom is -0.461 e. The Morgan fingerprint density at radius 2 is 1.75 bits per heavy atom. The average Bonchev–Trinajstić information content (AvgIpc) is 3.53. The molecule has 2 saturated heterocycles. The molecule has 3 aliphatic heterocycles. The second-order valence-corrected chi connectivity index (χ2v) is 13.8. The third-order valence-corrected chi connectivity index (χ3v) is 12.2. The zero-order valence-corrected chi connectivity index (χ0v) is 22.9. The van der Waals surface area contributed by atoms with Gasteiger partial charge in [-0.3, -0.25) is 4.79 Å². The number of fused-ring (bicyclic) bond motifs is 2. The monoisotopic (exact) mass is 564 g/mol. The predicted octanol–water partition coefficient (Wildman–Crippen LogP) is 0.0864.